The molecular formula is C44H69N7O16. The third-order valence-corrected chi connectivity index (χ3v) is 8.97. The number of fused-ring (bicyclic) bond motifs is 1. The molecule has 0 fully saturated rings. The van der Waals surface area contributed by atoms with E-state index in [1.54, 1.807) is 12.1 Å². The average Bonchev–Trinajstić information content (AvgIpc) is 3.52. The third kappa shape index (κ3) is 25.2. The molecule has 376 valence electrons. The molecular weight excluding hydrogens is 883 g/mol. The fourth-order valence-corrected chi connectivity index (χ4v) is 5.75. The SMILES string of the molecule is CCCN(OCC)C(=O)C1=Cc2cnc(C(=O)NCCOCCOCCOCCOCCOCCOCCOCCOCCOCCOCCNC(=O)CN3C(=O)C=CC3=O)cc2N=C(N)C1. The Bertz CT molecular complexity index is 1690. The van der Waals surface area contributed by atoms with E-state index in [4.69, 9.17) is 57.9 Å². The van der Waals surface area contributed by atoms with E-state index in [9.17, 15) is 24.0 Å². The molecule has 0 aromatic carbocycles. The van der Waals surface area contributed by atoms with Crippen molar-refractivity contribution in [2.75, 3.05) is 165 Å². The Balaban J connectivity index is 0.998. The van der Waals surface area contributed by atoms with Gasteiger partial charge in [0.1, 0.15) is 18.1 Å². The minimum absolute atomic E-state index is 0.148. The van der Waals surface area contributed by atoms with Crippen LogP contribution < -0.4 is 16.4 Å². The van der Waals surface area contributed by atoms with E-state index in [1.807, 2.05) is 13.8 Å². The maximum absolute atomic E-state index is 13.1. The number of nitrogens with one attached hydrogen (secondary N) is 2. The van der Waals surface area contributed by atoms with Gasteiger partial charge in [-0.1, -0.05) is 6.92 Å². The van der Waals surface area contributed by atoms with Crippen LogP contribution >= 0.6 is 0 Å². The first-order valence-electron chi connectivity index (χ1n) is 22.6. The summed E-state index contributed by atoms with van der Waals surface area (Å²) in [5, 5.41) is 6.69. The van der Waals surface area contributed by atoms with Gasteiger partial charge in [0.25, 0.3) is 23.6 Å². The topological polar surface area (TPSA) is 269 Å². The lowest BCUT2D eigenvalue weighted by Gasteiger charge is -2.21. The van der Waals surface area contributed by atoms with Crippen molar-refractivity contribution in [3.63, 3.8) is 0 Å². The molecule has 23 heteroatoms. The predicted octanol–water partition coefficient (Wildman–Crippen LogP) is -0.0155. The highest BCUT2D eigenvalue weighted by molar-refractivity contribution is 6.14. The van der Waals surface area contributed by atoms with Gasteiger partial charge >= 0.3 is 0 Å². The molecule has 0 spiro atoms. The maximum atomic E-state index is 13.1. The molecule has 0 saturated heterocycles. The van der Waals surface area contributed by atoms with Crippen molar-refractivity contribution in [1.82, 2.24) is 25.6 Å². The Kier molecular flexibility index (Phi) is 30.6. The van der Waals surface area contributed by atoms with Crippen LogP contribution in [-0.4, -0.2) is 215 Å². The number of aliphatic imine (C=N–C) groups is 1. The number of pyridine rings is 1. The molecule has 3 heterocycles. The number of amidine groups is 1. The van der Waals surface area contributed by atoms with Crippen LogP contribution in [-0.2, 0) is 71.4 Å². The summed E-state index contributed by atoms with van der Waals surface area (Å²) in [4.78, 5) is 75.6. The highest BCUT2D eigenvalue weighted by Gasteiger charge is 2.25. The molecule has 4 N–H and O–H groups in total. The molecule has 0 radical (unpaired) electrons. The van der Waals surface area contributed by atoms with Gasteiger partial charge < -0.3 is 63.7 Å². The Morgan fingerprint density at radius 1 is 0.657 bits per heavy atom. The molecule has 2 aliphatic rings. The fourth-order valence-electron chi connectivity index (χ4n) is 5.75. The molecule has 1 aromatic heterocycles. The second-order valence-corrected chi connectivity index (χ2v) is 14.2. The zero-order valence-electron chi connectivity index (χ0n) is 38.9. The van der Waals surface area contributed by atoms with Gasteiger partial charge in [-0.3, -0.25) is 38.7 Å². The largest absolute Gasteiger partial charge is 0.387 e. The van der Waals surface area contributed by atoms with Gasteiger partial charge in [0, 0.05) is 55.5 Å². The Labute approximate surface area is 391 Å². The Morgan fingerprint density at radius 2 is 1.09 bits per heavy atom. The first-order valence-corrected chi connectivity index (χ1v) is 22.6. The van der Waals surface area contributed by atoms with E-state index in [-0.39, 0.29) is 62.6 Å². The van der Waals surface area contributed by atoms with Gasteiger partial charge in [-0.25, -0.2) is 10.1 Å². The fraction of sp³-hybridized carbons (Fsp3) is 0.659. The lowest BCUT2D eigenvalue weighted by molar-refractivity contribution is -0.180. The van der Waals surface area contributed by atoms with Crippen molar-refractivity contribution in [2.45, 2.75) is 26.7 Å². The molecule has 0 atom stereocenters. The van der Waals surface area contributed by atoms with Crippen molar-refractivity contribution < 1.29 is 76.2 Å². The molecule has 3 rings (SSSR count). The maximum Gasteiger partial charge on any atom is 0.273 e. The van der Waals surface area contributed by atoms with E-state index < -0.39 is 17.7 Å². The highest BCUT2D eigenvalue weighted by atomic mass is 16.7. The normalized spacial score (nSPS) is 13.4. The summed E-state index contributed by atoms with van der Waals surface area (Å²) in [6, 6.07) is 1.54. The Morgan fingerprint density at radius 3 is 1.52 bits per heavy atom. The van der Waals surface area contributed by atoms with Crippen LogP contribution in [0.3, 0.4) is 0 Å². The molecule has 23 nitrogen and oxygen atoms in total. The number of nitrogens with zero attached hydrogens (tertiary/aromatic N) is 4. The summed E-state index contributed by atoms with van der Waals surface area (Å²) >= 11 is 0. The monoisotopic (exact) mass is 951 g/mol. The van der Waals surface area contributed by atoms with Crippen LogP contribution in [0.2, 0.25) is 0 Å². The van der Waals surface area contributed by atoms with Gasteiger partial charge in [0.15, 0.2) is 0 Å². The molecule has 5 amide bonds. The molecule has 67 heavy (non-hydrogen) atoms. The number of aromatic nitrogens is 1. The van der Waals surface area contributed by atoms with Gasteiger partial charge in [0.05, 0.1) is 144 Å². The van der Waals surface area contributed by atoms with Gasteiger partial charge in [-0.15, -0.1) is 0 Å². The van der Waals surface area contributed by atoms with Crippen LogP contribution in [0.4, 0.5) is 5.69 Å². The van der Waals surface area contributed by atoms with Crippen LogP contribution in [0.25, 0.3) is 6.08 Å². The van der Waals surface area contributed by atoms with Crippen molar-refractivity contribution in [1.29, 1.82) is 0 Å². The van der Waals surface area contributed by atoms with Crippen LogP contribution in [0.5, 0.6) is 0 Å². The molecule has 0 bridgehead atoms. The lowest BCUT2D eigenvalue weighted by atomic mass is 10.1. The summed E-state index contributed by atoms with van der Waals surface area (Å²) in [7, 11) is 0. The second-order valence-electron chi connectivity index (χ2n) is 14.2. The van der Waals surface area contributed by atoms with Gasteiger partial charge in [-0.2, -0.15) is 0 Å². The molecule has 0 aliphatic carbocycles. The molecule has 2 aliphatic heterocycles. The van der Waals surface area contributed by atoms with Crippen molar-refractivity contribution in [2.24, 2.45) is 10.7 Å². The zero-order valence-corrected chi connectivity index (χ0v) is 38.9. The van der Waals surface area contributed by atoms with E-state index >= 15 is 0 Å². The first-order chi connectivity index (χ1) is 32.7. The van der Waals surface area contributed by atoms with Crippen molar-refractivity contribution >= 4 is 47.1 Å². The number of hydroxylamine groups is 2. The standard InChI is InChI=1S/C44H69N7O16/c1-3-9-51(67-4-2)44(56)35-30-36-33-48-38(32-37(36)49-39(45)31-35)43(55)47-8-11-58-13-15-60-17-19-62-21-23-64-25-27-66-29-28-65-26-24-63-22-20-61-18-16-59-14-12-57-10-7-46-40(52)34-50-41(53)5-6-42(50)54/h5-6,30,32-33H,3-4,7-29,31,34H2,1-2H3,(H2,45,49)(H,46,52)(H,47,55). The number of imide groups is 1. The Hall–Kier alpha value is -4.79. The molecule has 1 aromatic rings. The molecule has 0 saturated carbocycles. The number of carbonyl (C=O) groups excluding carboxylic acids is 5. The van der Waals surface area contributed by atoms with Crippen molar-refractivity contribution in [3.05, 3.63) is 41.2 Å². The van der Waals surface area contributed by atoms with Crippen LogP contribution in [0.1, 0.15) is 42.7 Å². The number of ether oxygens (including phenoxy) is 10. The lowest BCUT2D eigenvalue weighted by Crippen LogP contribution is -2.41. The van der Waals surface area contributed by atoms with Crippen molar-refractivity contribution in [3.8, 4) is 0 Å². The average molecular weight is 952 g/mol. The summed E-state index contributed by atoms with van der Waals surface area (Å²) in [5.41, 5.74) is 7.74. The summed E-state index contributed by atoms with van der Waals surface area (Å²) < 4.78 is 54.8. The van der Waals surface area contributed by atoms with Gasteiger partial charge in [0.2, 0.25) is 5.91 Å². The zero-order chi connectivity index (χ0) is 48.2. The van der Waals surface area contributed by atoms with E-state index in [0.29, 0.717) is 149 Å². The number of nitrogens with two attached hydrogens (primary N) is 1. The quantitative estimate of drug-likeness (QED) is 0.0442. The van der Waals surface area contributed by atoms with E-state index in [1.165, 1.54) is 11.3 Å². The second kappa shape index (κ2) is 36.3. The number of carbonyl (C=O) groups is 5. The third-order valence-electron chi connectivity index (χ3n) is 8.97. The number of hydrogen-bond acceptors (Lipinski definition) is 19. The van der Waals surface area contributed by atoms with E-state index in [0.717, 1.165) is 23.5 Å². The number of rotatable bonds is 41. The number of amides is 5. The predicted molar refractivity (Wildman–Crippen MR) is 241 cm³/mol. The summed E-state index contributed by atoms with van der Waals surface area (Å²) in [6.45, 7) is 12.9. The van der Waals surface area contributed by atoms with E-state index in [2.05, 4.69) is 20.6 Å². The molecule has 0 unspecified atom stereocenters. The smallest absolute Gasteiger partial charge is 0.273 e. The van der Waals surface area contributed by atoms with Gasteiger partial charge in [-0.05, 0) is 25.5 Å². The minimum Gasteiger partial charge on any atom is -0.387 e. The first kappa shape index (κ1) is 56.5. The summed E-state index contributed by atoms with van der Waals surface area (Å²) in [5.74, 6) is -1.86. The number of hydrogen-bond donors (Lipinski definition) is 3. The van der Waals surface area contributed by atoms with Crippen LogP contribution in [0, 0.1) is 0 Å². The minimum atomic E-state index is -0.499. The highest BCUT2D eigenvalue weighted by Crippen LogP contribution is 2.27. The summed E-state index contributed by atoms with van der Waals surface area (Å²) in [6.07, 6.45) is 6.33. The van der Waals surface area contributed by atoms with Crippen LogP contribution in [0.15, 0.2) is 35.0 Å².